The van der Waals surface area contributed by atoms with Gasteiger partial charge >= 0.3 is 6.03 Å². The second-order valence-electron chi connectivity index (χ2n) is 4.09. The highest BCUT2D eigenvalue weighted by atomic mass is 16.5. The third-order valence-corrected chi connectivity index (χ3v) is 2.52. The predicted molar refractivity (Wildman–Crippen MR) is 74.2 cm³/mol. The van der Waals surface area contributed by atoms with E-state index in [0.717, 1.165) is 0 Å². The molecular formula is C13H18N4O4. The van der Waals surface area contributed by atoms with Crippen LogP contribution in [0.3, 0.4) is 0 Å². The maximum absolute atomic E-state index is 11.7. The number of nitrogens with two attached hydrogens (primary N) is 1. The number of carbonyl (C=O) groups is 2. The molecule has 0 aliphatic heterocycles. The third-order valence-electron chi connectivity index (χ3n) is 2.52. The monoisotopic (exact) mass is 294 g/mol. The van der Waals surface area contributed by atoms with Crippen molar-refractivity contribution >= 4 is 11.9 Å². The number of carbonyl (C=O) groups excluding carboxylic acids is 2. The average Bonchev–Trinajstić information content (AvgIpc) is 2.99. The maximum Gasteiger partial charge on any atom is 0.326 e. The highest BCUT2D eigenvalue weighted by Gasteiger charge is 2.17. The molecular weight excluding hydrogens is 276 g/mol. The molecule has 114 valence electrons. The van der Waals surface area contributed by atoms with Gasteiger partial charge < -0.3 is 20.5 Å². The summed E-state index contributed by atoms with van der Waals surface area (Å²) in [6, 6.07) is -0.392. The Morgan fingerprint density at radius 2 is 2.19 bits per heavy atom. The van der Waals surface area contributed by atoms with Gasteiger partial charge in [0.15, 0.2) is 0 Å². The van der Waals surface area contributed by atoms with Crippen LogP contribution in [0.5, 0.6) is 0 Å². The minimum absolute atomic E-state index is 0.0809. The van der Waals surface area contributed by atoms with Gasteiger partial charge in [0.25, 0.3) is 0 Å². The first-order valence-electron chi connectivity index (χ1n) is 6.29. The van der Waals surface area contributed by atoms with Crippen LogP contribution in [0.1, 0.15) is 0 Å². The lowest BCUT2D eigenvalue weighted by atomic mass is 10.1. The normalized spacial score (nSPS) is 11.6. The molecule has 8 heteroatoms. The fourth-order valence-electron chi connectivity index (χ4n) is 1.40. The van der Waals surface area contributed by atoms with Crippen molar-refractivity contribution in [3.05, 3.63) is 18.7 Å². The van der Waals surface area contributed by atoms with E-state index < -0.39 is 17.9 Å². The highest BCUT2D eigenvalue weighted by molar-refractivity contribution is 5.79. The molecule has 0 aliphatic carbocycles. The summed E-state index contributed by atoms with van der Waals surface area (Å²) < 4.78 is 11.5. The van der Waals surface area contributed by atoms with Gasteiger partial charge in [0.2, 0.25) is 5.91 Å². The molecule has 1 atom stereocenters. The topological polar surface area (TPSA) is 108 Å². The zero-order valence-corrected chi connectivity index (χ0v) is 11.5. The minimum Gasteiger partial charge on any atom is -0.378 e. The van der Waals surface area contributed by atoms with Crippen LogP contribution in [0.4, 0.5) is 4.79 Å². The van der Waals surface area contributed by atoms with Gasteiger partial charge in [0.1, 0.15) is 12.9 Å². The van der Waals surface area contributed by atoms with Crippen LogP contribution in [-0.4, -0.2) is 54.5 Å². The van der Waals surface area contributed by atoms with Gasteiger partial charge in [0, 0.05) is 18.9 Å². The molecule has 0 saturated carbocycles. The van der Waals surface area contributed by atoms with Crippen molar-refractivity contribution in [2.75, 3.05) is 33.0 Å². The lowest BCUT2D eigenvalue weighted by Gasteiger charge is -2.14. The van der Waals surface area contributed by atoms with E-state index in [2.05, 4.69) is 16.2 Å². The molecule has 0 bridgehead atoms. The number of hydrogen-bond donors (Lipinski definition) is 2. The van der Waals surface area contributed by atoms with Gasteiger partial charge in [-0.1, -0.05) is 5.92 Å². The number of imidazole rings is 1. The fourth-order valence-corrected chi connectivity index (χ4v) is 1.40. The summed E-state index contributed by atoms with van der Waals surface area (Å²) in [5, 5.41) is 2.57. The Balaban J connectivity index is 2.25. The average molecular weight is 294 g/mol. The summed E-state index contributed by atoms with van der Waals surface area (Å²) >= 11 is 0. The van der Waals surface area contributed by atoms with Crippen molar-refractivity contribution < 1.29 is 19.1 Å². The highest BCUT2D eigenvalue weighted by Crippen LogP contribution is 1.96. The molecule has 0 aromatic carbocycles. The lowest BCUT2D eigenvalue weighted by molar-refractivity contribution is -0.123. The van der Waals surface area contributed by atoms with E-state index in [9.17, 15) is 9.59 Å². The predicted octanol–water partition coefficient (Wildman–Crippen LogP) is -0.791. The maximum atomic E-state index is 11.7. The van der Waals surface area contributed by atoms with Crippen molar-refractivity contribution in [3.63, 3.8) is 0 Å². The summed E-state index contributed by atoms with van der Waals surface area (Å²) in [6.07, 6.45) is 9.34. The number of amides is 2. The van der Waals surface area contributed by atoms with Crippen LogP contribution in [0.25, 0.3) is 0 Å². The van der Waals surface area contributed by atoms with Crippen LogP contribution in [0.2, 0.25) is 0 Å². The lowest BCUT2D eigenvalue weighted by Crippen LogP contribution is -2.40. The van der Waals surface area contributed by atoms with Crippen LogP contribution < -0.4 is 11.1 Å². The van der Waals surface area contributed by atoms with E-state index in [4.69, 9.17) is 21.6 Å². The molecule has 1 rings (SSSR count). The van der Waals surface area contributed by atoms with Crippen molar-refractivity contribution in [3.8, 4) is 12.3 Å². The largest absolute Gasteiger partial charge is 0.378 e. The Hall–Kier alpha value is -2.37. The molecule has 0 aliphatic rings. The number of hydrogen-bond acceptors (Lipinski definition) is 5. The van der Waals surface area contributed by atoms with Gasteiger partial charge in [-0.05, 0) is 0 Å². The number of aromatic nitrogens is 2. The first-order chi connectivity index (χ1) is 10.1. The van der Waals surface area contributed by atoms with E-state index in [1.807, 2.05) is 0 Å². The molecule has 0 radical (unpaired) electrons. The van der Waals surface area contributed by atoms with Crippen molar-refractivity contribution in [2.45, 2.75) is 0 Å². The number of ether oxygens (including phenoxy) is 2. The van der Waals surface area contributed by atoms with Crippen LogP contribution in [0.15, 0.2) is 18.7 Å². The molecule has 1 unspecified atom stereocenters. The number of nitrogens with one attached hydrogen (secondary N) is 1. The molecule has 1 aromatic rings. The molecule has 1 heterocycles. The number of primary amides is 1. The number of nitrogens with zero attached hydrogens (tertiary/aromatic N) is 2. The summed E-state index contributed by atoms with van der Waals surface area (Å²) in [5.41, 5.74) is 5.26. The first-order valence-corrected chi connectivity index (χ1v) is 6.29. The standard InChI is InChI=1S/C13H18N4O4/c1-2-5-20-6-7-21-9-11(12(14)18)8-16-13(19)17-4-3-15-10-17/h1,3-4,10-11H,5-9H2,(H2,14,18)(H,16,19). The molecule has 0 fully saturated rings. The Bertz CT molecular complexity index is 481. The van der Waals surface area contributed by atoms with Crippen molar-refractivity contribution in [1.29, 1.82) is 0 Å². The van der Waals surface area contributed by atoms with Gasteiger partial charge in [-0.2, -0.15) is 0 Å². The van der Waals surface area contributed by atoms with E-state index in [1.165, 1.54) is 23.3 Å². The van der Waals surface area contributed by atoms with E-state index in [0.29, 0.717) is 13.2 Å². The summed E-state index contributed by atoms with van der Waals surface area (Å²) in [7, 11) is 0. The third kappa shape index (κ3) is 6.56. The van der Waals surface area contributed by atoms with Gasteiger partial charge in [-0.15, -0.1) is 6.42 Å². The quantitative estimate of drug-likeness (QED) is 0.458. The molecule has 21 heavy (non-hydrogen) atoms. The van der Waals surface area contributed by atoms with Crippen LogP contribution in [-0.2, 0) is 14.3 Å². The van der Waals surface area contributed by atoms with E-state index in [-0.39, 0.29) is 19.8 Å². The molecule has 8 nitrogen and oxygen atoms in total. The van der Waals surface area contributed by atoms with Gasteiger partial charge in [-0.25, -0.2) is 9.78 Å². The van der Waals surface area contributed by atoms with Crippen LogP contribution in [0, 0.1) is 18.3 Å². The van der Waals surface area contributed by atoms with Gasteiger partial charge in [-0.3, -0.25) is 9.36 Å². The summed E-state index contributed by atoms with van der Waals surface area (Å²) in [4.78, 5) is 26.7. The van der Waals surface area contributed by atoms with Gasteiger partial charge in [0.05, 0.1) is 25.7 Å². The van der Waals surface area contributed by atoms with Crippen molar-refractivity contribution in [1.82, 2.24) is 14.9 Å². The smallest absolute Gasteiger partial charge is 0.326 e. The zero-order valence-electron chi connectivity index (χ0n) is 11.5. The second-order valence-corrected chi connectivity index (χ2v) is 4.09. The Kier molecular flexibility index (Phi) is 7.56. The zero-order chi connectivity index (χ0) is 15.5. The minimum atomic E-state index is -0.620. The second kappa shape index (κ2) is 9.52. The number of terminal acetylenes is 1. The number of rotatable bonds is 9. The Morgan fingerprint density at radius 3 is 2.81 bits per heavy atom. The molecule has 1 aromatic heterocycles. The first kappa shape index (κ1) is 16.7. The van der Waals surface area contributed by atoms with Crippen LogP contribution >= 0.6 is 0 Å². The van der Waals surface area contributed by atoms with E-state index in [1.54, 1.807) is 0 Å². The Morgan fingerprint density at radius 1 is 1.43 bits per heavy atom. The summed E-state index contributed by atoms with van der Waals surface area (Å²) in [6.45, 7) is 1.01. The fraction of sp³-hybridized carbons (Fsp3) is 0.462. The van der Waals surface area contributed by atoms with E-state index >= 15 is 0 Å². The molecule has 0 saturated heterocycles. The molecule has 2 amide bonds. The Labute approximate surface area is 122 Å². The van der Waals surface area contributed by atoms with Crippen molar-refractivity contribution in [2.24, 2.45) is 11.7 Å². The summed E-state index contributed by atoms with van der Waals surface area (Å²) in [5.74, 6) is 1.15. The molecule has 0 spiro atoms. The SMILES string of the molecule is C#CCOCCOCC(CNC(=O)n1ccnc1)C(N)=O. The molecule has 3 N–H and O–H groups in total.